The van der Waals surface area contributed by atoms with E-state index < -0.39 is 42.2 Å². The van der Waals surface area contributed by atoms with Gasteiger partial charge in [0.2, 0.25) is 0 Å². The normalized spacial score (nSPS) is 37.5. The number of fused-ring (bicyclic) bond motifs is 1. The molecule has 3 unspecified atom stereocenters. The second kappa shape index (κ2) is 5.20. The first-order chi connectivity index (χ1) is 10.3. The number of ether oxygens (including phenoxy) is 1. The van der Waals surface area contributed by atoms with Crippen molar-refractivity contribution in [3.63, 3.8) is 0 Å². The minimum Gasteiger partial charge on any atom is -0.493 e. The van der Waals surface area contributed by atoms with Crippen molar-refractivity contribution in [2.45, 2.75) is 42.7 Å². The molecule has 0 amide bonds. The van der Waals surface area contributed by atoms with Crippen molar-refractivity contribution in [2.75, 3.05) is 6.61 Å². The van der Waals surface area contributed by atoms with Crippen LogP contribution in [0.5, 0.6) is 5.75 Å². The van der Waals surface area contributed by atoms with Crippen molar-refractivity contribution >= 4 is 5.97 Å². The van der Waals surface area contributed by atoms with Gasteiger partial charge >= 0.3 is 5.97 Å². The molecule has 120 valence electrons. The Morgan fingerprint density at radius 2 is 1.95 bits per heavy atom. The van der Waals surface area contributed by atoms with E-state index >= 15 is 0 Å². The first kappa shape index (κ1) is 15.2. The third-order valence-electron chi connectivity index (χ3n) is 4.56. The van der Waals surface area contributed by atoms with Crippen molar-refractivity contribution in [3.8, 4) is 5.75 Å². The zero-order valence-corrected chi connectivity index (χ0v) is 11.7. The molecule has 0 bridgehead atoms. The minimum atomic E-state index is -2.36. The number of hydrogen-bond acceptors (Lipinski definition) is 6. The van der Waals surface area contributed by atoms with Crippen LogP contribution in [0.4, 0.5) is 0 Å². The fourth-order valence-electron chi connectivity index (χ4n) is 3.37. The number of aliphatic hydroxyl groups is 4. The number of rotatable bonds is 2. The molecule has 5 atom stereocenters. The van der Waals surface area contributed by atoms with Crippen LogP contribution in [-0.2, 0) is 11.2 Å². The molecule has 0 saturated heterocycles. The summed E-state index contributed by atoms with van der Waals surface area (Å²) in [6.07, 6.45) is -4.52. The molecule has 3 rings (SSSR count). The average molecular weight is 310 g/mol. The Balaban J connectivity index is 2.06. The highest BCUT2D eigenvalue weighted by Crippen LogP contribution is 2.43. The summed E-state index contributed by atoms with van der Waals surface area (Å²) in [6.45, 7) is 0.524. The summed E-state index contributed by atoms with van der Waals surface area (Å²) >= 11 is 0. The van der Waals surface area contributed by atoms with Crippen molar-refractivity contribution in [2.24, 2.45) is 0 Å². The SMILES string of the molecule is O=C(O)C1(O)C[C@@H](O)C(O)[C@H](O)C1c1ccc2c(c1)CCO2. The quantitative estimate of drug-likeness (QED) is 0.474. The molecule has 1 aliphatic carbocycles. The van der Waals surface area contributed by atoms with E-state index in [1.807, 2.05) is 0 Å². The number of carbonyl (C=O) groups is 1. The van der Waals surface area contributed by atoms with E-state index in [1.165, 1.54) is 0 Å². The first-order valence-electron chi connectivity index (χ1n) is 7.10. The first-order valence-corrected chi connectivity index (χ1v) is 7.10. The average Bonchev–Trinajstić information content (AvgIpc) is 2.92. The molecule has 1 aromatic carbocycles. The topological polar surface area (TPSA) is 127 Å². The van der Waals surface area contributed by atoms with Gasteiger partial charge in [0.05, 0.1) is 24.7 Å². The van der Waals surface area contributed by atoms with Crippen LogP contribution in [-0.4, -0.2) is 62.0 Å². The standard InChI is InChI=1S/C15H18O7/c16-9-6-15(21,14(19)20)11(13(18)12(9)17)8-1-2-10-7(5-8)3-4-22-10/h1-2,5,9,11-13,16-18,21H,3-4,6H2,(H,19,20)/t9-,11?,12?,13-,15?/m1/s1. The summed E-state index contributed by atoms with van der Waals surface area (Å²) in [6, 6.07) is 4.90. The summed E-state index contributed by atoms with van der Waals surface area (Å²) in [5, 5.41) is 49.7. The molecular weight excluding hydrogens is 292 g/mol. The predicted octanol–water partition coefficient (Wildman–Crippen LogP) is -0.993. The Bertz CT molecular complexity index is 602. The van der Waals surface area contributed by atoms with Crippen LogP contribution >= 0.6 is 0 Å². The molecule has 22 heavy (non-hydrogen) atoms. The highest BCUT2D eigenvalue weighted by molar-refractivity contribution is 5.79. The van der Waals surface area contributed by atoms with Crippen molar-refractivity contribution in [1.82, 2.24) is 0 Å². The van der Waals surface area contributed by atoms with Gasteiger partial charge < -0.3 is 30.3 Å². The van der Waals surface area contributed by atoms with E-state index in [0.29, 0.717) is 24.3 Å². The van der Waals surface area contributed by atoms with Crippen LogP contribution in [0.25, 0.3) is 0 Å². The van der Waals surface area contributed by atoms with Gasteiger partial charge in [-0.3, -0.25) is 0 Å². The third kappa shape index (κ3) is 2.17. The van der Waals surface area contributed by atoms with Gasteiger partial charge in [-0.15, -0.1) is 0 Å². The van der Waals surface area contributed by atoms with Gasteiger partial charge in [0, 0.05) is 12.8 Å². The largest absolute Gasteiger partial charge is 0.493 e. The van der Waals surface area contributed by atoms with Crippen LogP contribution in [0.1, 0.15) is 23.5 Å². The molecule has 0 spiro atoms. The van der Waals surface area contributed by atoms with Gasteiger partial charge in [-0.25, -0.2) is 4.79 Å². The van der Waals surface area contributed by atoms with E-state index in [-0.39, 0.29) is 0 Å². The summed E-state index contributed by atoms with van der Waals surface area (Å²) < 4.78 is 5.37. The molecule has 1 fully saturated rings. The number of carboxylic acids is 1. The number of hydrogen-bond donors (Lipinski definition) is 5. The van der Waals surface area contributed by atoms with Crippen LogP contribution in [0.3, 0.4) is 0 Å². The molecule has 0 radical (unpaired) electrons. The molecule has 1 saturated carbocycles. The fourth-order valence-corrected chi connectivity index (χ4v) is 3.37. The highest BCUT2D eigenvalue weighted by atomic mass is 16.5. The van der Waals surface area contributed by atoms with Crippen LogP contribution in [0.15, 0.2) is 18.2 Å². The van der Waals surface area contributed by atoms with Crippen molar-refractivity contribution in [1.29, 1.82) is 0 Å². The molecule has 7 nitrogen and oxygen atoms in total. The van der Waals surface area contributed by atoms with Crippen LogP contribution in [0.2, 0.25) is 0 Å². The van der Waals surface area contributed by atoms with E-state index in [2.05, 4.69) is 0 Å². The summed E-state index contributed by atoms with van der Waals surface area (Å²) in [4.78, 5) is 11.5. The number of aliphatic hydroxyl groups excluding tert-OH is 3. The lowest BCUT2D eigenvalue weighted by Crippen LogP contribution is -2.61. The third-order valence-corrected chi connectivity index (χ3v) is 4.56. The van der Waals surface area contributed by atoms with Gasteiger partial charge in [-0.2, -0.15) is 0 Å². The molecule has 1 aliphatic heterocycles. The Labute approximate surface area is 126 Å². The molecule has 7 heteroatoms. The lowest BCUT2D eigenvalue weighted by Gasteiger charge is -2.44. The van der Waals surface area contributed by atoms with Crippen molar-refractivity contribution in [3.05, 3.63) is 29.3 Å². The lowest BCUT2D eigenvalue weighted by molar-refractivity contribution is -0.195. The molecular formula is C15H18O7. The number of aliphatic carboxylic acids is 1. The van der Waals surface area contributed by atoms with Crippen LogP contribution in [0, 0.1) is 0 Å². The zero-order valence-electron chi connectivity index (χ0n) is 11.7. The molecule has 1 aromatic rings. The van der Waals surface area contributed by atoms with Crippen LogP contribution < -0.4 is 4.74 Å². The van der Waals surface area contributed by atoms with Gasteiger partial charge in [-0.1, -0.05) is 12.1 Å². The Morgan fingerprint density at radius 1 is 1.23 bits per heavy atom. The van der Waals surface area contributed by atoms with Gasteiger partial charge in [0.1, 0.15) is 11.9 Å². The van der Waals surface area contributed by atoms with Gasteiger partial charge in [0.25, 0.3) is 0 Å². The second-order valence-corrected chi connectivity index (χ2v) is 5.93. The van der Waals surface area contributed by atoms with E-state index in [1.54, 1.807) is 18.2 Å². The van der Waals surface area contributed by atoms with Crippen molar-refractivity contribution < 1.29 is 35.1 Å². The summed E-state index contributed by atoms with van der Waals surface area (Å²) in [5.41, 5.74) is -1.10. The lowest BCUT2D eigenvalue weighted by atomic mass is 9.68. The Hall–Kier alpha value is -1.67. The zero-order chi connectivity index (χ0) is 16.1. The summed E-state index contributed by atoms with van der Waals surface area (Å²) in [7, 11) is 0. The monoisotopic (exact) mass is 310 g/mol. The maximum atomic E-state index is 11.5. The second-order valence-electron chi connectivity index (χ2n) is 5.93. The van der Waals surface area contributed by atoms with Gasteiger partial charge in [0.15, 0.2) is 5.60 Å². The number of carboxylic acid groups (broad SMARTS) is 1. The maximum Gasteiger partial charge on any atom is 0.336 e. The predicted molar refractivity (Wildman–Crippen MR) is 73.6 cm³/mol. The van der Waals surface area contributed by atoms with E-state index in [9.17, 15) is 30.3 Å². The highest BCUT2D eigenvalue weighted by Gasteiger charge is 2.56. The molecule has 0 aromatic heterocycles. The maximum absolute atomic E-state index is 11.5. The molecule has 5 N–H and O–H groups in total. The number of benzene rings is 1. The summed E-state index contributed by atoms with van der Waals surface area (Å²) in [5.74, 6) is -2.10. The molecule has 2 aliphatic rings. The Morgan fingerprint density at radius 3 is 2.64 bits per heavy atom. The Kier molecular flexibility index (Phi) is 3.60. The minimum absolute atomic E-state index is 0.396. The van der Waals surface area contributed by atoms with E-state index in [0.717, 1.165) is 5.56 Å². The molecule has 1 heterocycles. The fraction of sp³-hybridized carbons (Fsp3) is 0.533. The van der Waals surface area contributed by atoms with E-state index in [4.69, 9.17) is 4.74 Å². The smallest absolute Gasteiger partial charge is 0.336 e. The van der Waals surface area contributed by atoms with Gasteiger partial charge in [-0.05, 0) is 17.2 Å².